The van der Waals surface area contributed by atoms with Gasteiger partial charge in [0.25, 0.3) is 0 Å². The van der Waals surface area contributed by atoms with Gasteiger partial charge < -0.3 is 15.3 Å². The molecule has 0 unspecified atom stereocenters. The number of rotatable bonds is 1. The van der Waals surface area contributed by atoms with E-state index in [0.717, 1.165) is 16.5 Å². The maximum absolute atomic E-state index is 12.4. The highest BCUT2D eigenvalue weighted by atomic mass is 16.3. The van der Waals surface area contributed by atoms with Crippen LogP contribution in [0.25, 0.3) is 10.8 Å². The Morgan fingerprint density at radius 3 is 2.57 bits per heavy atom. The summed E-state index contributed by atoms with van der Waals surface area (Å²) in [6.07, 6.45) is 1.24. The number of anilines is 1. The van der Waals surface area contributed by atoms with Gasteiger partial charge in [0.05, 0.1) is 11.3 Å². The Labute approximate surface area is 124 Å². The van der Waals surface area contributed by atoms with Crippen molar-refractivity contribution in [3.05, 3.63) is 42.5 Å². The molecule has 0 saturated carbocycles. The molecule has 4 heteroatoms. The van der Waals surface area contributed by atoms with Crippen molar-refractivity contribution in [3.63, 3.8) is 0 Å². The van der Waals surface area contributed by atoms with Crippen molar-refractivity contribution in [1.29, 1.82) is 0 Å². The fourth-order valence-corrected chi connectivity index (χ4v) is 2.72. The van der Waals surface area contributed by atoms with Crippen LogP contribution in [0.15, 0.2) is 42.5 Å². The second-order valence-electron chi connectivity index (χ2n) is 5.94. The van der Waals surface area contributed by atoms with E-state index in [0.29, 0.717) is 25.9 Å². The second kappa shape index (κ2) is 5.37. The molecule has 1 saturated heterocycles. The third kappa shape index (κ3) is 3.00. The molecule has 0 aromatic heterocycles. The predicted octanol–water partition coefficient (Wildman–Crippen LogP) is 3.22. The molecular weight excluding hydrogens is 264 g/mol. The summed E-state index contributed by atoms with van der Waals surface area (Å²) < 4.78 is 0. The lowest BCUT2D eigenvalue weighted by atomic mass is 9.94. The Morgan fingerprint density at radius 2 is 1.81 bits per heavy atom. The summed E-state index contributed by atoms with van der Waals surface area (Å²) in [7, 11) is 0. The Balaban J connectivity index is 1.75. The molecule has 1 heterocycles. The number of carbonyl (C=O) groups excluding carboxylic acids is 1. The monoisotopic (exact) mass is 284 g/mol. The van der Waals surface area contributed by atoms with Crippen LogP contribution in [0.3, 0.4) is 0 Å². The molecule has 2 N–H and O–H groups in total. The first-order chi connectivity index (χ1) is 10.1. The van der Waals surface area contributed by atoms with Crippen molar-refractivity contribution in [2.45, 2.75) is 25.4 Å². The first-order valence-corrected chi connectivity index (χ1v) is 7.31. The van der Waals surface area contributed by atoms with Crippen LogP contribution in [0, 0.1) is 0 Å². The molecule has 1 aliphatic heterocycles. The van der Waals surface area contributed by atoms with Gasteiger partial charge in [-0.3, -0.25) is 0 Å². The second-order valence-corrected chi connectivity index (χ2v) is 5.94. The Morgan fingerprint density at radius 1 is 1.14 bits per heavy atom. The van der Waals surface area contributed by atoms with E-state index >= 15 is 0 Å². The number of urea groups is 1. The van der Waals surface area contributed by atoms with Crippen LogP contribution in [0.1, 0.15) is 19.8 Å². The van der Waals surface area contributed by atoms with E-state index in [1.165, 1.54) is 0 Å². The first-order valence-electron chi connectivity index (χ1n) is 7.31. The number of likely N-dealkylation sites (tertiary alicyclic amines) is 1. The van der Waals surface area contributed by atoms with Gasteiger partial charge in [0, 0.05) is 18.5 Å². The van der Waals surface area contributed by atoms with E-state index in [-0.39, 0.29) is 6.03 Å². The van der Waals surface area contributed by atoms with Crippen molar-refractivity contribution in [2.75, 3.05) is 18.4 Å². The van der Waals surface area contributed by atoms with Gasteiger partial charge in [-0.2, -0.15) is 0 Å². The lowest BCUT2D eigenvalue weighted by Gasteiger charge is -2.35. The summed E-state index contributed by atoms with van der Waals surface area (Å²) in [6.45, 7) is 3.00. The minimum atomic E-state index is -0.643. The molecule has 0 aliphatic carbocycles. The number of amides is 2. The smallest absolute Gasteiger partial charge is 0.321 e. The SMILES string of the molecule is CC1(O)CCN(C(=O)Nc2cccc3ccccc23)CC1. The van der Waals surface area contributed by atoms with E-state index in [4.69, 9.17) is 0 Å². The zero-order chi connectivity index (χ0) is 14.9. The standard InChI is InChI=1S/C17H20N2O2/c1-17(21)9-11-19(12-10-17)16(20)18-15-8-4-6-13-5-2-3-7-14(13)15/h2-8,21H,9-12H2,1H3,(H,18,20). The minimum Gasteiger partial charge on any atom is -0.390 e. The fourth-order valence-electron chi connectivity index (χ4n) is 2.72. The quantitative estimate of drug-likeness (QED) is 0.844. The molecule has 2 aromatic rings. The van der Waals surface area contributed by atoms with Crippen LogP contribution in [0.5, 0.6) is 0 Å². The maximum atomic E-state index is 12.4. The molecule has 110 valence electrons. The summed E-state index contributed by atoms with van der Waals surface area (Å²) in [5.74, 6) is 0. The van der Waals surface area contributed by atoms with Crippen LogP contribution in [0.2, 0.25) is 0 Å². The molecule has 2 aromatic carbocycles. The molecule has 3 rings (SSSR count). The average Bonchev–Trinajstić information content (AvgIpc) is 2.47. The number of hydrogen-bond acceptors (Lipinski definition) is 2. The van der Waals surface area contributed by atoms with E-state index < -0.39 is 5.60 Å². The Hall–Kier alpha value is -2.07. The van der Waals surface area contributed by atoms with Gasteiger partial charge in [-0.05, 0) is 31.2 Å². The normalized spacial score (nSPS) is 17.7. The largest absolute Gasteiger partial charge is 0.390 e. The molecule has 1 fully saturated rings. The minimum absolute atomic E-state index is 0.0955. The zero-order valence-electron chi connectivity index (χ0n) is 12.2. The lowest BCUT2D eigenvalue weighted by molar-refractivity contribution is 0.00570. The van der Waals surface area contributed by atoms with E-state index in [2.05, 4.69) is 5.32 Å². The molecule has 1 aliphatic rings. The molecule has 0 atom stereocenters. The Kier molecular flexibility index (Phi) is 3.55. The van der Waals surface area contributed by atoms with Crippen LogP contribution >= 0.6 is 0 Å². The van der Waals surface area contributed by atoms with Crippen molar-refractivity contribution in [2.24, 2.45) is 0 Å². The highest BCUT2D eigenvalue weighted by molar-refractivity contribution is 6.01. The van der Waals surface area contributed by atoms with Crippen LogP contribution in [0.4, 0.5) is 10.5 Å². The average molecular weight is 284 g/mol. The summed E-state index contributed by atoms with van der Waals surface area (Å²) in [5.41, 5.74) is 0.186. The molecule has 2 amide bonds. The van der Waals surface area contributed by atoms with Gasteiger partial charge in [0.15, 0.2) is 0 Å². The maximum Gasteiger partial charge on any atom is 0.321 e. The van der Waals surface area contributed by atoms with Gasteiger partial charge in [0.1, 0.15) is 0 Å². The summed E-state index contributed by atoms with van der Waals surface area (Å²) in [6, 6.07) is 13.8. The molecular formula is C17H20N2O2. The third-order valence-corrected chi connectivity index (χ3v) is 4.16. The highest BCUT2D eigenvalue weighted by Crippen LogP contribution is 2.25. The third-order valence-electron chi connectivity index (χ3n) is 4.16. The van der Waals surface area contributed by atoms with Crippen LogP contribution in [-0.4, -0.2) is 34.7 Å². The fraction of sp³-hybridized carbons (Fsp3) is 0.353. The predicted molar refractivity (Wildman–Crippen MR) is 84.4 cm³/mol. The number of aliphatic hydroxyl groups is 1. The highest BCUT2D eigenvalue weighted by Gasteiger charge is 2.29. The summed E-state index contributed by atoms with van der Waals surface area (Å²) >= 11 is 0. The number of fused-ring (bicyclic) bond motifs is 1. The number of nitrogens with one attached hydrogen (secondary N) is 1. The van der Waals surface area contributed by atoms with Gasteiger partial charge in [-0.1, -0.05) is 36.4 Å². The van der Waals surface area contributed by atoms with E-state index in [1.54, 1.807) is 4.90 Å². The topological polar surface area (TPSA) is 52.6 Å². The molecule has 0 spiro atoms. The number of carbonyl (C=O) groups is 1. The first kappa shape index (κ1) is 13.9. The number of benzene rings is 2. The molecule has 21 heavy (non-hydrogen) atoms. The van der Waals surface area contributed by atoms with Crippen molar-refractivity contribution >= 4 is 22.5 Å². The van der Waals surface area contributed by atoms with Crippen molar-refractivity contribution in [1.82, 2.24) is 4.90 Å². The van der Waals surface area contributed by atoms with Gasteiger partial charge in [-0.15, -0.1) is 0 Å². The van der Waals surface area contributed by atoms with Gasteiger partial charge in [0.2, 0.25) is 0 Å². The zero-order valence-corrected chi connectivity index (χ0v) is 12.2. The molecule has 4 nitrogen and oxygen atoms in total. The van der Waals surface area contributed by atoms with E-state index in [9.17, 15) is 9.90 Å². The van der Waals surface area contributed by atoms with Crippen LogP contribution in [-0.2, 0) is 0 Å². The number of piperidine rings is 1. The van der Waals surface area contributed by atoms with Crippen molar-refractivity contribution in [3.8, 4) is 0 Å². The van der Waals surface area contributed by atoms with Crippen LogP contribution < -0.4 is 5.32 Å². The van der Waals surface area contributed by atoms with Crippen molar-refractivity contribution < 1.29 is 9.90 Å². The van der Waals surface area contributed by atoms with Gasteiger partial charge >= 0.3 is 6.03 Å². The number of nitrogens with zero attached hydrogens (tertiary/aromatic N) is 1. The lowest BCUT2D eigenvalue weighted by Crippen LogP contribution is -2.46. The van der Waals surface area contributed by atoms with Gasteiger partial charge in [-0.25, -0.2) is 4.79 Å². The summed E-state index contributed by atoms with van der Waals surface area (Å²) in [5, 5.41) is 15.1. The number of hydrogen-bond donors (Lipinski definition) is 2. The Bertz CT molecular complexity index is 651. The van der Waals surface area contributed by atoms with E-state index in [1.807, 2.05) is 49.4 Å². The molecule has 0 bridgehead atoms. The molecule has 0 radical (unpaired) electrons. The summed E-state index contributed by atoms with van der Waals surface area (Å²) in [4.78, 5) is 14.1.